The van der Waals surface area contributed by atoms with Crippen molar-refractivity contribution in [2.45, 2.75) is 12.9 Å². The van der Waals surface area contributed by atoms with Gasteiger partial charge in [0.15, 0.2) is 0 Å². The standard InChI is InChI=1S/C12H12F3N3O/c1-18-10(6-7-17-18)8-16-9-2-4-11(5-3-9)19-12(13,14)15/h2-7,16H,8H2,1H3. The maximum Gasteiger partial charge on any atom is 0.573 e. The molecule has 0 amide bonds. The van der Waals surface area contributed by atoms with Crippen LogP contribution in [0.1, 0.15) is 5.69 Å². The lowest BCUT2D eigenvalue weighted by Crippen LogP contribution is -2.17. The molecule has 0 aliphatic carbocycles. The molecule has 0 spiro atoms. The number of hydrogen-bond donors (Lipinski definition) is 1. The number of anilines is 1. The molecule has 0 bridgehead atoms. The summed E-state index contributed by atoms with van der Waals surface area (Å²) in [4.78, 5) is 0. The Morgan fingerprint density at radius 2 is 1.89 bits per heavy atom. The Morgan fingerprint density at radius 3 is 2.42 bits per heavy atom. The fraction of sp³-hybridized carbons (Fsp3) is 0.250. The van der Waals surface area contributed by atoms with Gasteiger partial charge in [0, 0.05) is 18.9 Å². The molecule has 0 atom stereocenters. The molecule has 2 aromatic rings. The van der Waals surface area contributed by atoms with E-state index in [1.165, 1.54) is 24.3 Å². The zero-order valence-corrected chi connectivity index (χ0v) is 10.1. The third-order valence-corrected chi connectivity index (χ3v) is 2.48. The van der Waals surface area contributed by atoms with Crippen LogP contribution >= 0.6 is 0 Å². The lowest BCUT2D eigenvalue weighted by atomic mass is 10.3. The number of ether oxygens (including phenoxy) is 1. The van der Waals surface area contributed by atoms with E-state index < -0.39 is 6.36 Å². The fourth-order valence-corrected chi connectivity index (χ4v) is 1.54. The number of nitrogens with zero attached hydrogens (tertiary/aromatic N) is 2. The van der Waals surface area contributed by atoms with Crippen molar-refractivity contribution >= 4 is 5.69 Å². The molecule has 102 valence electrons. The topological polar surface area (TPSA) is 39.1 Å². The molecule has 1 heterocycles. The summed E-state index contributed by atoms with van der Waals surface area (Å²) in [5, 5.41) is 7.10. The molecule has 0 aliphatic rings. The van der Waals surface area contributed by atoms with Gasteiger partial charge >= 0.3 is 6.36 Å². The van der Waals surface area contributed by atoms with Crippen LogP contribution in [-0.2, 0) is 13.6 Å². The summed E-state index contributed by atoms with van der Waals surface area (Å²) in [6.45, 7) is 0.538. The second kappa shape index (κ2) is 5.21. The summed E-state index contributed by atoms with van der Waals surface area (Å²) >= 11 is 0. The number of hydrogen-bond acceptors (Lipinski definition) is 3. The lowest BCUT2D eigenvalue weighted by Gasteiger charge is -2.10. The molecule has 1 aromatic heterocycles. The Bertz CT molecular complexity index is 534. The van der Waals surface area contributed by atoms with E-state index >= 15 is 0 Å². The van der Waals surface area contributed by atoms with Crippen molar-refractivity contribution < 1.29 is 17.9 Å². The van der Waals surface area contributed by atoms with E-state index in [1.807, 2.05) is 13.1 Å². The van der Waals surface area contributed by atoms with Crippen LogP contribution in [0.25, 0.3) is 0 Å². The smallest absolute Gasteiger partial charge is 0.406 e. The highest BCUT2D eigenvalue weighted by molar-refractivity contribution is 5.46. The summed E-state index contributed by atoms with van der Waals surface area (Å²) in [6.07, 6.45) is -2.99. The first-order valence-electron chi connectivity index (χ1n) is 5.50. The Balaban J connectivity index is 1.94. The monoisotopic (exact) mass is 271 g/mol. The Kier molecular flexibility index (Phi) is 3.64. The van der Waals surface area contributed by atoms with Crippen molar-refractivity contribution in [2.24, 2.45) is 7.05 Å². The molecule has 7 heteroatoms. The van der Waals surface area contributed by atoms with Gasteiger partial charge in [0.05, 0.1) is 12.2 Å². The molecule has 0 saturated heterocycles. The molecule has 0 unspecified atom stereocenters. The molecule has 1 aromatic carbocycles. The van der Waals surface area contributed by atoms with Crippen LogP contribution < -0.4 is 10.1 Å². The molecule has 0 saturated carbocycles. The van der Waals surface area contributed by atoms with E-state index in [2.05, 4.69) is 15.2 Å². The average molecular weight is 271 g/mol. The minimum Gasteiger partial charge on any atom is -0.406 e. The molecule has 19 heavy (non-hydrogen) atoms. The first-order valence-corrected chi connectivity index (χ1v) is 5.50. The number of halogens is 3. The van der Waals surface area contributed by atoms with Crippen molar-refractivity contribution in [3.8, 4) is 5.75 Å². The number of benzene rings is 1. The summed E-state index contributed by atoms with van der Waals surface area (Å²) in [5.41, 5.74) is 1.67. The molecular weight excluding hydrogens is 259 g/mol. The van der Waals surface area contributed by atoms with Crippen molar-refractivity contribution in [1.82, 2.24) is 9.78 Å². The molecular formula is C12H12F3N3O. The number of nitrogens with one attached hydrogen (secondary N) is 1. The number of aromatic nitrogens is 2. The predicted octanol–water partition coefficient (Wildman–Crippen LogP) is 2.93. The maximum absolute atomic E-state index is 12.0. The Hall–Kier alpha value is -2.18. The van der Waals surface area contributed by atoms with E-state index in [4.69, 9.17) is 0 Å². The summed E-state index contributed by atoms with van der Waals surface area (Å²) in [7, 11) is 1.82. The van der Waals surface area contributed by atoms with Crippen LogP contribution in [0.15, 0.2) is 36.5 Å². The zero-order valence-electron chi connectivity index (χ0n) is 10.1. The molecule has 0 radical (unpaired) electrons. The van der Waals surface area contributed by atoms with Crippen molar-refractivity contribution in [3.05, 3.63) is 42.2 Å². The van der Waals surface area contributed by atoms with Gasteiger partial charge in [0.2, 0.25) is 0 Å². The third kappa shape index (κ3) is 3.90. The van der Waals surface area contributed by atoms with E-state index in [1.54, 1.807) is 10.9 Å². The molecule has 0 fully saturated rings. The van der Waals surface area contributed by atoms with Gasteiger partial charge < -0.3 is 10.1 Å². The summed E-state index contributed by atoms with van der Waals surface area (Å²) in [5.74, 6) is -0.237. The van der Waals surface area contributed by atoms with Crippen molar-refractivity contribution in [1.29, 1.82) is 0 Å². The zero-order chi connectivity index (χ0) is 13.9. The predicted molar refractivity (Wildman–Crippen MR) is 63.7 cm³/mol. The van der Waals surface area contributed by atoms with Gasteiger partial charge in [-0.05, 0) is 30.3 Å². The van der Waals surface area contributed by atoms with Crippen LogP contribution in [0.4, 0.5) is 18.9 Å². The van der Waals surface area contributed by atoms with Gasteiger partial charge in [-0.15, -0.1) is 13.2 Å². The van der Waals surface area contributed by atoms with Crippen LogP contribution in [0, 0.1) is 0 Å². The molecule has 4 nitrogen and oxygen atoms in total. The largest absolute Gasteiger partial charge is 0.573 e. The highest BCUT2D eigenvalue weighted by atomic mass is 19.4. The average Bonchev–Trinajstić information content (AvgIpc) is 2.72. The van der Waals surface area contributed by atoms with Gasteiger partial charge in [-0.2, -0.15) is 5.10 Å². The van der Waals surface area contributed by atoms with Crippen LogP contribution in [0.5, 0.6) is 5.75 Å². The summed E-state index contributed by atoms with van der Waals surface area (Å²) < 4.78 is 41.4. The third-order valence-electron chi connectivity index (χ3n) is 2.48. The summed E-state index contributed by atoms with van der Waals surface area (Å²) in [6, 6.07) is 7.43. The van der Waals surface area contributed by atoms with Gasteiger partial charge in [0.25, 0.3) is 0 Å². The highest BCUT2D eigenvalue weighted by Gasteiger charge is 2.30. The first kappa shape index (κ1) is 13.3. The number of rotatable bonds is 4. The normalized spacial score (nSPS) is 11.4. The quantitative estimate of drug-likeness (QED) is 0.929. The van der Waals surface area contributed by atoms with E-state index in [-0.39, 0.29) is 5.75 Å². The van der Waals surface area contributed by atoms with E-state index in [0.717, 1.165) is 5.69 Å². The van der Waals surface area contributed by atoms with Crippen LogP contribution in [0.2, 0.25) is 0 Å². The molecule has 2 rings (SSSR count). The second-order valence-electron chi connectivity index (χ2n) is 3.87. The van der Waals surface area contributed by atoms with Gasteiger partial charge in [-0.1, -0.05) is 0 Å². The Labute approximate surface area is 107 Å². The fourth-order valence-electron chi connectivity index (χ4n) is 1.54. The maximum atomic E-state index is 12.0. The van der Waals surface area contributed by atoms with E-state index in [9.17, 15) is 13.2 Å². The van der Waals surface area contributed by atoms with E-state index in [0.29, 0.717) is 12.2 Å². The SMILES string of the molecule is Cn1nccc1CNc1ccc(OC(F)(F)F)cc1. The van der Waals surface area contributed by atoms with Gasteiger partial charge in [-0.3, -0.25) is 4.68 Å². The first-order chi connectivity index (χ1) is 8.94. The minimum absolute atomic E-state index is 0.237. The second-order valence-corrected chi connectivity index (χ2v) is 3.87. The van der Waals surface area contributed by atoms with Crippen LogP contribution in [-0.4, -0.2) is 16.1 Å². The number of aryl methyl sites for hydroxylation is 1. The lowest BCUT2D eigenvalue weighted by molar-refractivity contribution is -0.274. The van der Waals surface area contributed by atoms with Crippen molar-refractivity contribution in [3.63, 3.8) is 0 Å². The highest BCUT2D eigenvalue weighted by Crippen LogP contribution is 2.24. The van der Waals surface area contributed by atoms with Gasteiger partial charge in [-0.25, -0.2) is 0 Å². The van der Waals surface area contributed by atoms with Crippen LogP contribution in [0.3, 0.4) is 0 Å². The number of alkyl halides is 3. The van der Waals surface area contributed by atoms with Gasteiger partial charge in [0.1, 0.15) is 5.75 Å². The van der Waals surface area contributed by atoms with Crippen molar-refractivity contribution in [2.75, 3.05) is 5.32 Å². The Morgan fingerprint density at radius 1 is 1.21 bits per heavy atom. The molecule has 0 aliphatic heterocycles. The molecule has 1 N–H and O–H groups in total. The minimum atomic E-state index is -4.66.